The molecule has 0 aliphatic rings. The first kappa shape index (κ1) is 16.0. The van der Waals surface area contributed by atoms with Gasteiger partial charge in [-0.1, -0.05) is 17.7 Å². The number of halogens is 1. The van der Waals surface area contributed by atoms with Crippen molar-refractivity contribution in [1.29, 1.82) is 0 Å². The summed E-state index contributed by atoms with van der Waals surface area (Å²) in [7, 11) is 0. The summed E-state index contributed by atoms with van der Waals surface area (Å²) >= 11 is 6.04. The topological polar surface area (TPSA) is 94.2 Å². The van der Waals surface area contributed by atoms with Crippen molar-refractivity contribution in [2.45, 2.75) is 0 Å². The van der Waals surface area contributed by atoms with Crippen molar-refractivity contribution in [3.63, 3.8) is 0 Å². The molecule has 26 heavy (non-hydrogen) atoms. The largest absolute Gasteiger partial charge is 0.320 e. The van der Waals surface area contributed by atoms with Crippen molar-refractivity contribution in [3.8, 4) is 5.69 Å². The summed E-state index contributed by atoms with van der Waals surface area (Å²) in [6, 6.07) is 10.1. The molecule has 4 rings (SSSR count). The highest BCUT2D eigenvalue weighted by atomic mass is 35.5. The Morgan fingerprint density at radius 1 is 1.19 bits per heavy atom. The number of hydrogen-bond acceptors (Lipinski definition) is 5. The van der Waals surface area contributed by atoms with Crippen LogP contribution in [0.2, 0.25) is 5.02 Å². The Balaban J connectivity index is 1.75. The standard InChI is InChI=1S/C17H11ClN6O2/c18-11-4-5-14(24-10-19-9-21-24)13(7-11)22-16(25)12-8-20-15-3-1-2-6-23(15)17(12)26/h1-10H,(H,22,25). The number of anilines is 1. The van der Waals surface area contributed by atoms with Crippen LogP contribution in [0.4, 0.5) is 5.69 Å². The maximum atomic E-state index is 12.7. The SMILES string of the molecule is O=C(Nc1cc(Cl)ccc1-n1cncn1)c1cnc2ccccn2c1=O. The summed E-state index contributed by atoms with van der Waals surface area (Å²) in [6.07, 6.45) is 5.68. The van der Waals surface area contributed by atoms with Crippen LogP contribution in [-0.2, 0) is 0 Å². The summed E-state index contributed by atoms with van der Waals surface area (Å²) in [6.45, 7) is 0. The fraction of sp³-hybridized carbons (Fsp3) is 0. The fourth-order valence-corrected chi connectivity index (χ4v) is 2.68. The minimum Gasteiger partial charge on any atom is -0.320 e. The molecule has 0 aliphatic carbocycles. The Kier molecular flexibility index (Phi) is 3.94. The lowest BCUT2D eigenvalue weighted by atomic mass is 10.2. The van der Waals surface area contributed by atoms with E-state index in [1.165, 1.54) is 27.9 Å². The molecule has 0 saturated heterocycles. The fourth-order valence-electron chi connectivity index (χ4n) is 2.51. The average molecular weight is 367 g/mol. The number of carbonyl (C=O) groups excluding carboxylic acids is 1. The monoisotopic (exact) mass is 366 g/mol. The van der Waals surface area contributed by atoms with Gasteiger partial charge < -0.3 is 5.32 Å². The van der Waals surface area contributed by atoms with Gasteiger partial charge in [0.15, 0.2) is 0 Å². The third kappa shape index (κ3) is 2.82. The molecular weight excluding hydrogens is 356 g/mol. The number of amides is 1. The molecule has 4 aromatic rings. The summed E-state index contributed by atoms with van der Waals surface area (Å²) < 4.78 is 2.79. The van der Waals surface area contributed by atoms with Crippen molar-refractivity contribution in [1.82, 2.24) is 24.1 Å². The van der Waals surface area contributed by atoms with E-state index in [-0.39, 0.29) is 5.56 Å². The van der Waals surface area contributed by atoms with Crippen molar-refractivity contribution >= 4 is 28.8 Å². The Hall–Kier alpha value is -3.52. The van der Waals surface area contributed by atoms with Gasteiger partial charge in [-0.15, -0.1) is 0 Å². The highest BCUT2D eigenvalue weighted by Gasteiger charge is 2.16. The first-order chi connectivity index (χ1) is 12.6. The van der Waals surface area contributed by atoms with Crippen LogP contribution < -0.4 is 10.9 Å². The number of hydrogen-bond donors (Lipinski definition) is 1. The number of benzene rings is 1. The minimum atomic E-state index is -0.593. The maximum Gasteiger partial charge on any atom is 0.270 e. The van der Waals surface area contributed by atoms with Crippen LogP contribution in [0, 0.1) is 0 Å². The summed E-state index contributed by atoms with van der Waals surface area (Å²) in [4.78, 5) is 33.2. The molecule has 0 saturated carbocycles. The summed E-state index contributed by atoms with van der Waals surface area (Å²) in [5.74, 6) is -0.593. The molecule has 1 aromatic carbocycles. The van der Waals surface area contributed by atoms with E-state index >= 15 is 0 Å². The van der Waals surface area contributed by atoms with E-state index in [2.05, 4.69) is 20.4 Å². The van der Waals surface area contributed by atoms with Gasteiger partial charge >= 0.3 is 0 Å². The molecule has 9 heteroatoms. The summed E-state index contributed by atoms with van der Waals surface area (Å²) in [5.41, 5.74) is 0.871. The second kappa shape index (κ2) is 6.41. The Morgan fingerprint density at radius 2 is 2.08 bits per heavy atom. The highest BCUT2D eigenvalue weighted by Crippen LogP contribution is 2.24. The lowest BCUT2D eigenvalue weighted by Crippen LogP contribution is -2.27. The van der Waals surface area contributed by atoms with Gasteiger partial charge in [0.1, 0.15) is 23.9 Å². The average Bonchev–Trinajstić information content (AvgIpc) is 3.17. The normalized spacial score (nSPS) is 10.8. The lowest BCUT2D eigenvalue weighted by molar-refractivity contribution is 0.102. The van der Waals surface area contributed by atoms with E-state index in [0.29, 0.717) is 22.0 Å². The molecule has 1 N–H and O–H groups in total. The van der Waals surface area contributed by atoms with Gasteiger partial charge in [0, 0.05) is 17.4 Å². The first-order valence-corrected chi connectivity index (χ1v) is 7.93. The Morgan fingerprint density at radius 3 is 2.88 bits per heavy atom. The zero-order valence-corrected chi connectivity index (χ0v) is 14.0. The van der Waals surface area contributed by atoms with Crippen LogP contribution in [-0.4, -0.2) is 30.1 Å². The number of aromatic nitrogens is 5. The van der Waals surface area contributed by atoms with E-state index in [1.54, 1.807) is 42.6 Å². The number of nitrogens with zero attached hydrogens (tertiary/aromatic N) is 5. The molecule has 1 amide bonds. The summed E-state index contributed by atoms with van der Waals surface area (Å²) in [5, 5.41) is 7.17. The van der Waals surface area contributed by atoms with E-state index in [9.17, 15) is 9.59 Å². The van der Waals surface area contributed by atoms with Gasteiger partial charge in [-0.05, 0) is 30.3 Å². The number of pyridine rings is 1. The van der Waals surface area contributed by atoms with E-state index in [4.69, 9.17) is 11.6 Å². The van der Waals surface area contributed by atoms with E-state index in [1.807, 2.05) is 0 Å². The second-order valence-corrected chi connectivity index (χ2v) is 5.80. The van der Waals surface area contributed by atoms with Gasteiger partial charge in [0.05, 0.1) is 11.4 Å². The molecule has 0 spiro atoms. The number of fused-ring (bicyclic) bond motifs is 1. The minimum absolute atomic E-state index is 0.0850. The number of rotatable bonds is 3. The molecule has 0 aliphatic heterocycles. The molecule has 3 aromatic heterocycles. The predicted octanol–water partition coefficient (Wildman–Crippen LogP) is 2.18. The molecule has 0 fully saturated rings. The van der Waals surface area contributed by atoms with E-state index in [0.717, 1.165) is 0 Å². The van der Waals surface area contributed by atoms with Crippen LogP contribution in [0.1, 0.15) is 10.4 Å². The van der Waals surface area contributed by atoms with Gasteiger partial charge in [0.2, 0.25) is 0 Å². The molecule has 0 bridgehead atoms. The van der Waals surface area contributed by atoms with Crippen LogP contribution in [0.5, 0.6) is 0 Å². The van der Waals surface area contributed by atoms with Crippen LogP contribution >= 0.6 is 11.6 Å². The van der Waals surface area contributed by atoms with Crippen LogP contribution in [0.15, 0.2) is 66.2 Å². The molecule has 0 radical (unpaired) electrons. The van der Waals surface area contributed by atoms with Gasteiger partial charge in [-0.2, -0.15) is 5.10 Å². The molecule has 0 atom stereocenters. The third-order valence-corrected chi connectivity index (χ3v) is 3.97. The molecule has 8 nitrogen and oxygen atoms in total. The van der Waals surface area contributed by atoms with Gasteiger partial charge in [-0.25, -0.2) is 14.6 Å². The Labute approximate surface area is 151 Å². The smallest absolute Gasteiger partial charge is 0.270 e. The van der Waals surface area contributed by atoms with Crippen molar-refractivity contribution in [2.24, 2.45) is 0 Å². The van der Waals surface area contributed by atoms with Crippen LogP contribution in [0.25, 0.3) is 11.3 Å². The van der Waals surface area contributed by atoms with Crippen molar-refractivity contribution in [3.05, 3.63) is 82.4 Å². The second-order valence-electron chi connectivity index (χ2n) is 5.36. The first-order valence-electron chi connectivity index (χ1n) is 7.56. The quantitative estimate of drug-likeness (QED) is 0.599. The van der Waals surface area contributed by atoms with Crippen molar-refractivity contribution in [2.75, 3.05) is 5.32 Å². The van der Waals surface area contributed by atoms with Crippen LogP contribution in [0.3, 0.4) is 0 Å². The highest BCUT2D eigenvalue weighted by molar-refractivity contribution is 6.31. The van der Waals surface area contributed by atoms with Crippen molar-refractivity contribution < 1.29 is 4.79 Å². The Bertz CT molecular complexity index is 1170. The lowest BCUT2D eigenvalue weighted by Gasteiger charge is -2.11. The van der Waals surface area contributed by atoms with Gasteiger partial charge in [-0.3, -0.25) is 14.0 Å². The van der Waals surface area contributed by atoms with E-state index < -0.39 is 11.5 Å². The molecule has 0 unspecified atom stereocenters. The predicted molar refractivity (Wildman–Crippen MR) is 95.8 cm³/mol. The third-order valence-electron chi connectivity index (χ3n) is 3.73. The zero-order chi connectivity index (χ0) is 18.1. The number of carbonyl (C=O) groups is 1. The molecule has 3 heterocycles. The molecular formula is C17H11ClN6O2. The van der Waals surface area contributed by atoms with Gasteiger partial charge in [0.25, 0.3) is 11.5 Å². The zero-order valence-electron chi connectivity index (χ0n) is 13.2. The number of nitrogens with one attached hydrogen (secondary N) is 1. The maximum absolute atomic E-state index is 12.7. The molecule has 128 valence electrons.